The lowest BCUT2D eigenvalue weighted by Crippen LogP contribution is -2.30. The summed E-state index contributed by atoms with van der Waals surface area (Å²) >= 11 is 0. The molecule has 0 saturated carbocycles. The highest BCUT2D eigenvalue weighted by molar-refractivity contribution is 5.96. The molecule has 158 valence electrons. The summed E-state index contributed by atoms with van der Waals surface area (Å²) in [6.07, 6.45) is 0.658. The number of amides is 1. The number of hydrogen-bond donors (Lipinski definition) is 1. The van der Waals surface area contributed by atoms with Crippen LogP contribution in [0.5, 0.6) is 5.75 Å². The molecule has 30 heavy (non-hydrogen) atoms. The molecule has 1 heterocycles. The van der Waals surface area contributed by atoms with E-state index in [1.807, 2.05) is 49.4 Å². The minimum absolute atomic E-state index is 0.0654. The second-order valence-corrected chi connectivity index (χ2v) is 6.57. The van der Waals surface area contributed by atoms with Gasteiger partial charge in [0.1, 0.15) is 11.3 Å². The first-order valence-electron chi connectivity index (χ1n) is 9.77. The topological polar surface area (TPSA) is 87.0 Å². The number of ether oxygens (including phenoxy) is 3. The Morgan fingerprint density at radius 1 is 1.07 bits per heavy atom. The van der Waals surface area contributed by atoms with Gasteiger partial charge in [-0.2, -0.15) is 0 Å². The monoisotopic (exact) mass is 411 g/mol. The number of carbonyl (C=O) groups is 2. The number of fused-ring (bicyclic) bond motifs is 1. The van der Waals surface area contributed by atoms with Crippen LogP contribution in [0.1, 0.15) is 28.6 Å². The lowest BCUT2D eigenvalue weighted by Gasteiger charge is -2.07. The van der Waals surface area contributed by atoms with Gasteiger partial charge in [-0.15, -0.1) is 0 Å². The van der Waals surface area contributed by atoms with Gasteiger partial charge in [0.05, 0.1) is 13.7 Å². The van der Waals surface area contributed by atoms with E-state index in [1.165, 1.54) is 0 Å². The van der Waals surface area contributed by atoms with Crippen LogP contribution in [0.2, 0.25) is 0 Å². The van der Waals surface area contributed by atoms with Gasteiger partial charge in [-0.1, -0.05) is 30.3 Å². The highest BCUT2D eigenvalue weighted by Crippen LogP contribution is 2.27. The number of benzene rings is 2. The Morgan fingerprint density at radius 3 is 2.57 bits per heavy atom. The summed E-state index contributed by atoms with van der Waals surface area (Å²) in [5, 5.41) is 3.53. The second-order valence-electron chi connectivity index (χ2n) is 6.57. The normalized spacial score (nSPS) is 10.7. The van der Waals surface area contributed by atoms with Crippen LogP contribution in [0.25, 0.3) is 11.0 Å². The van der Waals surface area contributed by atoms with Crippen LogP contribution in [0.3, 0.4) is 0 Å². The Hall–Kier alpha value is -3.32. The zero-order valence-corrected chi connectivity index (χ0v) is 17.1. The highest BCUT2D eigenvalue weighted by Gasteiger charge is 2.22. The first-order valence-corrected chi connectivity index (χ1v) is 9.77. The van der Waals surface area contributed by atoms with Crippen molar-refractivity contribution >= 4 is 22.8 Å². The van der Waals surface area contributed by atoms with Crippen molar-refractivity contribution in [1.29, 1.82) is 0 Å². The minimum Gasteiger partial charge on any atom is -0.497 e. The fourth-order valence-corrected chi connectivity index (χ4v) is 3.00. The quantitative estimate of drug-likeness (QED) is 0.514. The van der Waals surface area contributed by atoms with E-state index < -0.39 is 5.97 Å². The summed E-state index contributed by atoms with van der Waals surface area (Å²) in [6.45, 7) is 2.66. The number of carbonyl (C=O) groups excluding carboxylic acids is 2. The van der Waals surface area contributed by atoms with Crippen molar-refractivity contribution in [1.82, 2.24) is 5.32 Å². The zero-order valence-electron chi connectivity index (χ0n) is 17.1. The van der Waals surface area contributed by atoms with Crippen molar-refractivity contribution < 1.29 is 28.2 Å². The molecule has 0 aliphatic carbocycles. The van der Waals surface area contributed by atoms with Crippen LogP contribution in [0, 0.1) is 0 Å². The predicted molar refractivity (Wildman–Crippen MR) is 112 cm³/mol. The molecule has 0 bridgehead atoms. The van der Waals surface area contributed by atoms with E-state index in [-0.39, 0.29) is 24.9 Å². The van der Waals surface area contributed by atoms with E-state index in [1.54, 1.807) is 13.2 Å². The largest absolute Gasteiger partial charge is 0.497 e. The SMILES string of the molecule is CCOCc1c(C(=O)OCC(=O)NCCc2ccc(OC)cc2)oc2ccccc12. The van der Waals surface area contributed by atoms with Gasteiger partial charge in [0.2, 0.25) is 5.76 Å². The van der Waals surface area contributed by atoms with Crippen molar-refractivity contribution in [2.24, 2.45) is 0 Å². The molecule has 1 N–H and O–H groups in total. The lowest BCUT2D eigenvalue weighted by molar-refractivity contribution is -0.124. The Bertz CT molecular complexity index is 993. The number of rotatable bonds is 10. The van der Waals surface area contributed by atoms with E-state index in [9.17, 15) is 9.59 Å². The van der Waals surface area contributed by atoms with E-state index in [0.717, 1.165) is 16.7 Å². The number of para-hydroxylation sites is 1. The first kappa shape index (κ1) is 21.4. The molecule has 1 aromatic heterocycles. The van der Waals surface area contributed by atoms with Crippen LogP contribution >= 0.6 is 0 Å². The maximum atomic E-state index is 12.5. The number of hydrogen-bond acceptors (Lipinski definition) is 6. The summed E-state index contributed by atoms with van der Waals surface area (Å²) in [5.74, 6) is -0.217. The van der Waals surface area contributed by atoms with Gasteiger partial charge in [-0.25, -0.2) is 4.79 Å². The molecule has 0 aliphatic heterocycles. The van der Waals surface area contributed by atoms with Gasteiger partial charge in [-0.05, 0) is 37.1 Å². The molecule has 0 aliphatic rings. The van der Waals surface area contributed by atoms with Gasteiger partial charge in [0.25, 0.3) is 5.91 Å². The van der Waals surface area contributed by atoms with Crippen LogP contribution < -0.4 is 10.1 Å². The summed E-state index contributed by atoms with van der Waals surface area (Å²) in [5.41, 5.74) is 2.26. The Kier molecular flexibility index (Phi) is 7.45. The van der Waals surface area contributed by atoms with Crippen LogP contribution in [-0.4, -0.2) is 38.7 Å². The Balaban J connectivity index is 1.52. The fourth-order valence-electron chi connectivity index (χ4n) is 3.00. The standard InChI is InChI=1S/C23H25NO6/c1-3-28-14-19-18-6-4-5-7-20(18)30-22(19)23(26)29-15-21(25)24-13-12-16-8-10-17(27-2)11-9-16/h4-11H,3,12-15H2,1-2H3,(H,24,25). The third kappa shape index (κ3) is 5.39. The van der Waals surface area contributed by atoms with Gasteiger partial charge in [0, 0.05) is 24.1 Å². The minimum atomic E-state index is -0.689. The smallest absolute Gasteiger partial charge is 0.375 e. The number of nitrogens with one attached hydrogen (secondary N) is 1. The molecule has 0 fully saturated rings. The van der Waals surface area contributed by atoms with Gasteiger partial charge in [0.15, 0.2) is 6.61 Å². The molecule has 0 radical (unpaired) electrons. The van der Waals surface area contributed by atoms with Crippen molar-refractivity contribution in [3.05, 3.63) is 65.4 Å². The lowest BCUT2D eigenvalue weighted by atomic mass is 10.1. The molecule has 0 saturated heterocycles. The van der Waals surface area contributed by atoms with Crippen molar-refractivity contribution in [2.75, 3.05) is 26.9 Å². The number of esters is 1. The number of methoxy groups -OCH3 is 1. The molecular weight excluding hydrogens is 386 g/mol. The van der Waals surface area contributed by atoms with Crippen LogP contribution in [-0.2, 0) is 27.3 Å². The average Bonchev–Trinajstić information content (AvgIpc) is 3.15. The van der Waals surface area contributed by atoms with E-state index in [0.29, 0.717) is 30.7 Å². The van der Waals surface area contributed by atoms with E-state index in [2.05, 4.69) is 5.32 Å². The van der Waals surface area contributed by atoms with Crippen LogP contribution in [0.15, 0.2) is 52.9 Å². The second kappa shape index (κ2) is 10.5. The summed E-state index contributed by atoms with van der Waals surface area (Å²) in [6, 6.07) is 14.9. The van der Waals surface area contributed by atoms with Gasteiger partial charge < -0.3 is 23.9 Å². The van der Waals surface area contributed by atoms with Crippen molar-refractivity contribution in [3.8, 4) is 5.75 Å². The first-order chi connectivity index (χ1) is 14.6. The predicted octanol–water partition coefficient (Wildman–Crippen LogP) is 3.49. The maximum absolute atomic E-state index is 12.5. The molecule has 7 heteroatoms. The molecule has 0 atom stereocenters. The third-order valence-electron chi connectivity index (χ3n) is 4.56. The summed E-state index contributed by atoms with van der Waals surface area (Å²) in [4.78, 5) is 24.5. The molecule has 3 aromatic rings. The summed E-state index contributed by atoms with van der Waals surface area (Å²) in [7, 11) is 1.61. The number of furan rings is 1. The van der Waals surface area contributed by atoms with E-state index >= 15 is 0 Å². The van der Waals surface area contributed by atoms with Crippen LogP contribution in [0.4, 0.5) is 0 Å². The van der Waals surface area contributed by atoms with Gasteiger partial charge >= 0.3 is 5.97 Å². The maximum Gasteiger partial charge on any atom is 0.375 e. The van der Waals surface area contributed by atoms with Crippen molar-refractivity contribution in [2.45, 2.75) is 20.0 Å². The Labute approximate surface area is 174 Å². The fraction of sp³-hybridized carbons (Fsp3) is 0.304. The molecule has 0 spiro atoms. The summed E-state index contributed by atoms with van der Waals surface area (Å²) < 4.78 is 21.4. The average molecular weight is 411 g/mol. The molecule has 0 unspecified atom stereocenters. The Morgan fingerprint density at radius 2 is 1.83 bits per heavy atom. The molecular formula is C23H25NO6. The van der Waals surface area contributed by atoms with E-state index in [4.69, 9.17) is 18.6 Å². The molecule has 2 aromatic carbocycles. The van der Waals surface area contributed by atoms with Crippen molar-refractivity contribution in [3.63, 3.8) is 0 Å². The third-order valence-corrected chi connectivity index (χ3v) is 4.56. The zero-order chi connectivity index (χ0) is 21.3. The van der Waals surface area contributed by atoms with Gasteiger partial charge in [-0.3, -0.25) is 4.79 Å². The highest BCUT2D eigenvalue weighted by atomic mass is 16.5. The molecule has 1 amide bonds. The molecule has 7 nitrogen and oxygen atoms in total. The molecule has 3 rings (SSSR count).